The van der Waals surface area contributed by atoms with Gasteiger partial charge in [0, 0.05) is 5.69 Å². The van der Waals surface area contributed by atoms with Crippen LogP contribution in [0.15, 0.2) is 12.1 Å². The standard InChI is InChI=1S/C9H10F3N/c1-5(2)7-4-3-6(10)8(13-7)9(11)12/h3-5,9H,1-2H3. The molecule has 13 heavy (non-hydrogen) atoms. The third-order valence-corrected chi connectivity index (χ3v) is 1.69. The topological polar surface area (TPSA) is 12.9 Å². The first-order valence-electron chi connectivity index (χ1n) is 3.97. The molecule has 0 saturated carbocycles. The van der Waals surface area contributed by atoms with Crippen LogP contribution in [0.2, 0.25) is 0 Å². The summed E-state index contributed by atoms with van der Waals surface area (Å²) in [6.07, 6.45) is -2.85. The van der Waals surface area contributed by atoms with Crippen LogP contribution in [0.3, 0.4) is 0 Å². The Hall–Kier alpha value is -1.06. The van der Waals surface area contributed by atoms with Crippen LogP contribution >= 0.6 is 0 Å². The van der Waals surface area contributed by atoms with Crippen molar-refractivity contribution < 1.29 is 13.2 Å². The fourth-order valence-electron chi connectivity index (χ4n) is 0.948. The normalized spacial score (nSPS) is 11.3. The quantitative estimate of drug-likeness (QED) is 0.695. The van der Waals surface area contributed by atoms with Gasteiger partial charge in [0.25, 0.3) is 6.43 Å². The highest BCUT2D eigenvalue weighted by atomic mass is 19.3. The molecule has 0 saturated heterocycles. The Morgan fingerprint density at radius 2 is 1.85 bits per heavy atom. The molecule has 0 aromatic carbocycles. The molecule has 1 aromatic rings. The van der Waals surface area contributed by atoms with Gasteiger partial charge in [0.1, 0.15) is 5.69 Å². The molecular weight excluding hydrogens is 179 g/mol. The van der Waals surface area contributed by atoms with Gasteiger partial charge in [0.2, 0.25) is 0 Å². The zero-order valence-electron chi connectivity index (χ0n) is 7.39. The largest absolute Gasteiger partial charge is 0.283 e. The lowest BCUT2D eigenvalue weighted by Gasteiger charge is -2.07. The first-order chi connectivity index (χ1) is 6.02. The second kappa shape index (κ2) is 3.77. The van der Waals surface area contributed by atoms with Gasteiger partial charge >= 0.3 is 0 Å². The molecular formula is C9H10F3N. The number of aromatic nitrogens is 1. The Morgan fingerprint density at radius 3 is 2.31 bits per heavy atom. The summed E-state index contributed by atoms with van der Waals surface area (Å²) in [5.41, 5.74) is -0.275. The van der Waals surface area contributed by atoms with Gasteiger partial charge < -0.3 is 0 Å². The summed E-state index contributed by atoms with van der Waals surface area (Å²) in [5, 5.41) is 0. The molecule has 0 radical (unpaired) electrons. The van der Waals surface area contributed by atoms with Gasteiger partial charge in [0.05, 0.1) is 0 Å². The van der Waals surface area contributed by atoms with Gasteiger partial charge in [-0.15, -0.1) is 0 Å². The van der Waals surface area contributed by atoms with Crippen molar-refractivity contribution in [2.45, 2.75) is 26.2 Å². The minimum atomic E-state index is -2.85. The number of hydrogen-bond donors (Lipinski definition) is 0. The number of hydrogen-bond acceptors (Lipinski definition) is 1. The second-order valence-electron chi connectivity index (χ2n) is 3.06. The predicted octanol–water partition coefficient (Wildman–Crippen LogP) is 3.28. The van der Waals surface area contributed by atoms with Gasteiger partial charge in [-0.25, -0.2) is 18.2 Å². The monoisotopic (exact) mass is 189 g/mol. The minimum absolute atomic E-state index is 0.0260. The molecule has 1 rings (SSSR count). The Bertz CT molecular complexity index is 297. The van der Waals surface area contributed by atoms with E-state index in [1.807, 2.05) is 13.8 Å². The van der Waals surface area contributed by atoms with Crippen LogP contribution in [-0.4, -0.2) is 4.98 Å². The van der Waals surface area contributed by atoms with Crippen LogP contribution < -0.4 is 0 Å². The summed E-state index contributed by atoms with van der Waals surface area (Å²) in [7, 11) is 0. The highest BCUT2D eigenvalue weighted by Gasteiger charge is 2.16. The summed E-state index contributed by atoms with van der Waals surface area (Å²) in [4.78, 5) is 3.55. The first kappa shape index (κ1) is 10.0. The van der Waals surface area contributed by atoms with Crippen molar-refractivity contribution in [1.82, 2.24) is 4.98 Å². The van der Waals surface area contributed by atoms with E-state index >= 15 is 0 Å². The summed E-state index contributed by atoms with van der Waals surface area (Å²) in [6, 6.07) is 2.45. The Kier molecular flexibility index (Phi) is 2.90. The van der Waals surface area contributed by atoms with Crippen LogP contribution in [0.25, 0.3) is 0 Å². The molecule has 72 valence electrons. The van der Waals surface area contributed by atoms with Crippen molar-refractivity contribution in [3.8, 4) is 0 Å². The summed E-state index contributed by atoms with van der Waals surface area (Å²) in [5.74, 6) is -0.919. The number of pyridine rings is 1. The maximum atomic E-state index is 12.7. The van der Waals surface area contributed by atoms with E-state index in [4.69, 9.17) is 0 Å². The fraction of sp³-hybridized carbons (Fsp3) is 0.444. The minimum Gasteiger partial charge on any atom is -0.248 e. The van der Waals surface area contributed by atoms with E-state index in [1.54, 1.807) is 0 Å². The van der Waals surface area contributed by atoms with Crippen molar-refractivity contribution >= 4 is 0 Å². The van der Waals surface area contributed by atoms with Crippen molar-refractivity contribution in [3.05, 3.63) is 29.3 Å². The average Bonchev–Trinajstić information content (AvgIpc) is 2.04. The van der Waals surface area contributed by atoms with Crippen molar-refractivity contribution in [1.29, 1.82) is 0 Å². The van der Waals surface area contributed by atoms with Gasteiger partial charge in [-0.2, -0.15) is 0 Å². The Balaban J connectivity index is 3.11. The van der Waals surface area contributed by atoms with E-state index in [9.17, 15) is 13.2 Å². The second-order valence-corrected chi connectivity index (χ2v) is 3.06. The van der Waals surface area contributed by atoms with Gasteiger partial charge in [-0.3, -0.25) is 0 Å². The maximum absolute atomic E-state index is 12.7. The van der Waals surface area contributed by atoms with Crippen LogP contribution in [-0.2, 0) is 0 Å². The third kappa shape index (κ3) is 2.20. The molecule has 1 heterocycles. The lowest BCUT2D eigenvalue weighted by atomic mass is 10.1. The SMILES string of the molecule is CC(C)c1ccc(F)c(C(F)F)n1. The average molecular weight is 189 g/mol. The predicted molar refractivity (Wildman–Crippen MR) is 43.2 cm³/mol. The fourth-order valence-corrected chi connectivity index (χ4v) is 0.948. The molecule has 4 heteroatoms. The molecule has 0 unspecified atom stereocenters. The van der Waals surface area contributed by atoms with Gasteiger partial charge in [0.15, 0.2) is 5.82 Å². The lowest BCUT2D eigenvalue weighted by molar-refractivity contribution is 0.140. The zero-order chi connectivity index (χ0) is 10.0. The highest BCUT2D eigenvalue weighted by molar-refractivity contribution is 5.16. The summed E-state index contributed by atoms with van der Waals surface area (Å²) >= 11 is 0. The van der Waals surface area contributed by atoms with Crippen LogP contribution in [0, 0.1) is 5.82 Å². The van der Waals surface area contributed by atoms with E-state index in [2.05, 4.69) is 4.98 Å². The molecule has 0 spiro atoms. The number of alkyl halides is 2. The summed E-state index contributed by atoms with van der Waals surface area (Å²) in [6.45, 7) is 3.63. The summed E-state index contributed by atoms with van der Waals surface area (Å²) < 4.78 is 37.1. The van der Waals surface area contributed by atoms with Gasteiger partial charge in [-0.05, 0) is 18.1 Å². The number of halogens is 3. The van der Waals surface area contributed by atoms with Crippen molar-refractivity contribution in [2.75, 3.05) is 0 Å². The third-order valence-electron chi connectivity index (χ3n) is 1.69. The van der Waals surface area contributed by atoms with E-state index in [-0.39, 0.29) is 5.92 Å². The van der Waals surface area contributed by atoms with Gasteiger partial charge in [-0.1, -0.05) is 13.8 Å². The molecule has 0 N–H and O–H groups in total. The van der Waals surface area contributed by atoms with Crippen LogP contribution in [0.4, 0.5) is 13.2 Å². The van der Waals surface area contributed by atoms with Crippen LogP contribution in [0.5, 0.6) is 0 Å². The lowest BCUT2D eigenvalue weighted by Crippen LogP contribution is -2.01. The number of rotatable bonds is 2. The van der Waals surface area contributed by atoms with Crippen LogP contribution in [0.1, 0.15) is 37.6 Å². The smallest absolute Gasteiger partial charge is 0.248 e. The highest BCUT2D eigenvalue weighted by Crippen LogP contribution is 2.22. The molecule has 0 aliphatic rings. The van der Waals surface area contributed by atoms with E-state index < -0.39 is 17.9 Å². The first-order valence-corrected chi connectivity index (χ1v) is 3.97. The molecule has 1 aromatic heterocycles. The molecule has 0 atom stereocenters. The molecule has 0 amide bonds. The van der Waals surface area contributed by atoms with Crippen molar-refractivity contribution in [3.63, 3.8) is 0 Å². The van der Waals surface area contributed by atoms with E-state index in [1.165, 1.54) is 6.07 Å². The molecule has 0 fully saturated rings. The molecule has 1 nitrogen and oxygen atoms in total. The number of nitrogens with zero attached hydrogens (tertiary/aromatic N) is 1. The molecule has 0 bridgehead atoms. The molecule has 0 aliphatic carbocycles. The van der Waals surface area contributed by atoms with E-state index in [0.29, 0.717) is 5.69 Å². The Labute approximate surface area is 74.6 Å². The maximum Gasteiger partial charge on any atom is 0.283 e. The Morgan fingerprint density at radius 1 is 1.23 bits per heavy atom. The zero-order valence-corrected chi connectivity index (χ0v) is 7.39. The molecule has 0 aliphatic heterocycles. The van der Waals surface area contributed by atoms with Crippen molar-refractivity contribution in [2.24, 2.45) is 0 Å². The van der Waals surface area contributed by atoms with E-state index in [0.717, 1.165) is 6.07 Å².